The topological polar surface area (TPSA) is 50.7 Å². The van der Waals surface area contributed by atoms with Crippen molar-refractivity contribution in [3.05, 3.63) is 41.3 Å². The van der Waals surface area contributed by atoms with Crippen molar-refractivity contribution in [2.45, 2.75) is 12.8 Å². The molecule has 1 N–H and O–H groups in total. The van der Waals surface area contributed by atoms with Crippen molar-refractivity contribution in [1.82, 2.24) is 5.32 Å². The molecule has 2 aliphatic heterocycles. The fraction of sp³-hybridized carbons (Fsp3) is 0.333. The molecule has 0 bridgehead atoms. The van der Waals surface area contributed by atoms with E-state index in [-0.39, 0.29) is 23.3 Å². The largest absolute Gasteiger partial charge is 0.381 e. The quantitative estimate of drug-likeness (QED) is 0.840. The zero-order chi connectivity index (χ0) is 13.9. The molecule has 0 atom stereocenters. The van der Waals surface area contributed by atoms with E-state index in [2.05, 4.69) is 10.3 Å². The van der Waals surface area contributed by atoms with Gasteiger partial charge >= 0.3 is 0 Å². The van der Waals surface area contributed by atoms with E-state index < -0.39 is 0 Å². The first-order valence-corrected chi connectivity index (χ1v) is 6.68. The van der Waals surface area contributed by atoms with E-state index >= 15 is 0 Å². The molecule has 0 saturated carbocycles. The lowest BCUT2D eigenvalue weighted by Crippen LogP contribution is -2.33. The number of halogens is 1. The van der Waals surface area contributed by atoms with E-state index in [0.29, 0.717) is 24.6 Å². The Kier molecular flexibility index (Phi) is 3.60. The van der Waals surface area contributed by atoms with Crippen LogP contribution in [0, 0.1) is 11.7 Å². The Balaban J connectivity index is 1.85. The molecule has 4 nitrogen and oxygen atoms in total. The van der Waals surface area contributed by atoms with Crippen molar-refractivity contribution in [2.75, 3.05) is 13.2 Å². The predicted octanol–water partition coefficient (Wildman–Crippen LogP) is 2.12. The highest BCUT2D eigenvalue weighted by Crippen LogP contribution is 2.21. The average Bonchev–Trinajstić information content (AvgIpc) is 2.84. The molecule has 0 aromatic heterocycles. The normalized spacial score (nSPS) is 21.9. The molecule has 1 saturated heterocycles. The van der Waals surface area contributed by atoms with Crippen molar-refractivity contribution in [3.8, 4) is 0 Å². The molecule has 3 rings (SSSR count). The van der Waals surface area contributed by atoms with E-state index in [1.165, 1.54) is 12.1 Å². The number of nitrogens with zero attached hydrogens (tertiary/aromatic N) is 1. The van der Waals surface area contributed by atoms with Gasteiger partial charge in [0.1, 0.15) is 17.3 Å². The van der Waals surface area contributed by atoms with E-state index in [0.717, 1.165) is 12.8 Å². The molecule has 1 aromatic rings. The van der Waals surface area contributed by atoms with Crippen LogP contribution in [0.5, 0.6) is 0 Å². The summed E-state index contributed by atoms with van der Waals surface area (Å²) in [5.41, 5.74) is 0.631. The number of benzene rings is 1. The molecule has 0 spiro atoms. The second-order valence-electron chi connectivity index (χ2n) is 4.89. The first-order valence-electron chi connectivity index (χ1n) is 6.68. The van der Waals surface area contributed by atoms with Gasteiger partial charge in [-0.15, -0.1) is 0 Å². The number of rotatable bonds is 2. The number of hydrogen-bond donors (Lipinski definition) is 1. The van der Waals surface area contributed by atoms with Crippen molar-refractivity contribution >= 4 is 17.8 Å². The summed E-state index contributed by atoms with van der Waals surface area (Å²) >= 11 is 0. The Morgan fingerprint density at radius 3 is 2.80 bits per heavy atom. The van der Waals surface area contributed by atoms with E-state index in [4.69, 9.17) is 4.74 Å². The molecule has 1 amide bonds. The number of carbonyl (C=O) groups is 1. The van der Waals surface area contributed by atoms with Crippen molar-refractivity contribution in [1.29, 1.82) is 0 Å². The van der Waals surface area contributed by atoms with Gasteiger partial charge in [-0.3, -0.25) is 4.79 Å². The van der Waals surface area contributed by atoms with Gasteiger partial charge in [0.25, 0.3) is 5.91 Å². The standard InChI is InChI=1S/C15H15FN2O2/c16-12-4-2-1-3-11(12)9-13-15(19)18-14(17-13)10-5-7-20-8-6-10/h1-4,9-10H,5-8H2,(H,17,18,19)/b13-9-. The smallest absolute Gasteiger partial charge is 0.275 e. The first kappa shape index (κ1) is 13.0. The van der Waals surface area contributed by atoms with E-state index in [1.54, 1.807) is 18.2 Å². The van der Waals surface area contributed by atoms with Gasteiger partial charge in [0.2, 0.25) is 0 Å². The van der Waals surface area contributed by atoms with Gasteiger partial charge in [0, 0.05) is 24.7 Å². The van der Waals surface area contributed by atoms with Crippen LogP contribution >= 0.6 is 0 Å². The van der Waals surface area contributed by atoms with Crippen LogP contribution in [0.2, 0.25) is 0 Å². The van der Waals surface area contributed by atoms with Crippen molar-refractivity contribution < 1.29 is 13.9 Å². The lowest BCUT2D eigenvalue weighted by Gasteiger charge is -2.21. The van der Waals surface area contributed by atoms with E-state index in [9.17, 15) is 9.18 Å². The molecule has 1 fully saturated rings. The lowest BCUT2D eigenvalue weighted by atomic mass is 9.99. The maximum absolute atomic E-state index is 13.6. The van der Waals surface area contributed by atoms with Gasteiger partial charge in [0.15, 0.2) is 0 Å². The highest BCUT2D eigenvalue weighted by molar-refractivity contribution is 6.15. The molecule has 0 aliphatic carbocycles. The highest BCUT2D eigenvalue weighted by Gasteiger charge is 2.27. The summed E-state index contributed by atoms with van der Waals surface area (Å²) in [7, 11) is 0. The zero-order valence-electron chi connectivity index (χ0n) is 10.9. The van der Waals surface area contributed by atoms with Crippen LogP contribution in [0.25, 0.3) is 6.08 Å². The Morgan fingerprint density at radius 2 is 2.05 bits per heavy atom. The minimum Gasteiger partial charge on any atom is -0.381 e. The number of aliphatic imine (C=N–C) groups is 1. The number of ether oxygens (including phenoxy) is 1. The summed E-state index contributed by atoms with van der Waals surface area (Å²) in [5.74, 6) is 0.275. The first-order chi connectivity index (χ1) is 9.74. The molecule has 104 valence electrons. The molecule has 2 aliphatic rings. The third-order valence-corrected chi connectivity index (χ3v) is 3.52. The van der Waals surface area contributed by atoms with Crippen molar-refractivity contribution in [3.63, 3.8) is 0 Å². The van der Waals surface area contributed by atoms with Gasteiger partial charge in [-0.2, -0.15) is 0 Å². The van der Waals surface area contributed by atoms with Crippen LogP contribution in [0.4, 0.5) is 4.39 Å². The van der Waals surface area contributed by atoms with Crippen LogP contribution in [0.1, 0.15) is 18.4 Å². The number of hydrogen-bond acceptors (Lipinski definition) is 3. The predicted molar refractivity (Wildman–Crippen MR) is 73.5 cm³/mol. The second-order valence-corrected chi connectivity index (χ2v) is 4.89. The van der Waals surface area contributed by atoms with Crippen LogP contribution in [0.3, 0.4) is 0 Å². The molecule has 20 heavy (non-hydrogen) atoms. The Hall–Kier alpha value is -2.01. The lowest BCUT2D eigenvalue weighted by molar-refractivity contribution is -0.115. The molecule has 5 heteroatoms. The number of nitrogens with one attached hydrogen (secondary N) is 1. The van der Waals surface area contributed by atoms with Gasteiger partial charge in [-0.05, 0) is 25.0 Å². The summed E-state index contributed by atoms with van der Waals surface area (Å²) in [6.07, 6.45) is 3.19. The summed E-state index contributed by atoms with van der Waals surface area (Å²) in [4.78, 5) is 16.2. The summed E-state index contributed by atoms with van der Waals surface area (Å²) < 4.78 is 18.9. The van der Waals surface area contributed by atoms with Gasteiger partial charge in [-0.1, -0.05) is 18.2 Å². The van der Waals surface area contributed by atoms with Crippen molar-refractivity contribution in [2.24, 2.45) is 10.9 Å². The number of carbonyl (C=O) groups excluding carboxylic acids is 1. The number of amides is 1. The summed E-state index contributed by atoms with van der Waals surface area (Å²) in [6, 6.07) is 6.33. The molecule has 0 radical (unpaired) electrons. The minimum absolute atomic E-state index is 0.222. The molecular weight excluding hydrogens is 259 g/mol. The Morgan fingerprint density at radius 1 is 1.30 bits per heavy atom. The molecule has 1 aromatic carbocycles. The van der Waals surface area contributed by atoms with Crippen LogP contribution < -0.4 is 5.32 Å². The third kappa shape index (κ3) is 2.63. The Labute approximate surface area is 116 Å². The molecule has 0 unspecified atom stereocenters. The molecule has 2 heterocycles. The van der Waals surface area contributed by atoms with Crippen LogP contribution in [-0.4, -0.2) is 25.0 Å². The summed E-state index contributed by atoms with van der Waals surface area (Å²) in [5, 5.41) is 2.78. The van der Waals surface area contributed by atoms with E-state index in [1.807, 2.05) is 0 Å². The number of amidine groups is 1. The zero-order valence-corrected chi connectivity index (χ0v) is 10.9. The maximum atomic E-state index is 13.6. The second kappa shape index (κ2) is 5.54. The molecular formula is C15H15FN2O2. The van der Waals surface area contributed by atoms with Crippen LogP contribution in [-0.2, 0) is 9.53 Å². The fourth-order valence-corrected chi connectivity index (χ4v) is 2.39. The SMILES string of the molecule is O=C1NC(C2CCOCC2)=N/C1=C\c1ccccc1F. The third-order valence-electron chi connectivity index (χ3n) is 3.52. The van der Waals surface area contributed by atoms with Gasteiger partial charge in [0.05, 0.1) is 0 Å². The minimum atomic E-state index is -0.359. The Bertz CT molecular complexity index is 589. The van der Waals surface area contributed by atoms with Crippen LogP contribution in [0.15, 0.2) is 35.0 Å². The fourth-order valence-electron chi connectivity index (χ4n) is 2.39. The summed E-state index contributed by atoms with van der Waals surface area (Å²) in [6.45, 7) is 1.37. The van der Waals surface area contributed by atoms with Gasteiger partial charge < -0.3 is 10.1 Å². The highest BCUT2D eigenvalue weighted by atomic mass is 19.1. The average molecular weight is 274 g/mol. The van der Waals surface area contributed by atoms with Gasteiger partial charge in [-0.25, -0.2) is 9.38 Å². The maximum Gasteiger partial charge on any atom is 0.275 e. The monoisotopic (exact) mass is 274 g/mol.